The van der Waals surface area contributed by atoms with Crippen molar-refractivity contribution >= 4 is 17.7 Å². The average molecular weight is 353 g/mol. The van der Waals surface area contributed by atoms with Gasteiger partial charge in [0.2, 0.25) is 5.91 Å². The molecule has 0 spiro atoms. The van der Waals surface area contributed by atoms with Crippen LogP contribution in [0.1, 0.15) is 37.3 Å². The molecule has 1 N–H and O–H groups in total. The Morgan fingerprint density at radius 3 is 2.65 bits per heavy atom. The van der Waals surface area contributed by atoms with Gasteiger partial charge in [-0.3, -0.25) is 4.79 Å². The zero-order valence-corrected chi connectivity index (χ0v) is 15.7. The van der Waals surface area contributed by atoms with Gasteiger partial charge in [-0.05, 0) is 48.7 Å². The molecular weight excluding hydrogens is 326 g/mol. The predicted octanol–water partition coefficient (Wildman–Crippen LogP) is 5.22. The van der Waals surface area contributed by atoms with Gasteiger partial charge in [-0.2, -0.15) is 0 Å². The molecule has 1 amide bonds. The molecule has 0 atom stereocenters. The third-order valence-corrected chi connectivity index (χ3v) is 4.02. The van der Waals surface area contributed by atoms with Crippen molar-refractivity contribution < 1.29 is 14.3 Å². The highest BCUT2D eigenvalue weighted by Gasteiger charge is 2.05. The Hall–Kier alpha value is -2.75. The van der Waals surface area contributed by atoms with Crippen molar-refractivity contribution in [2.45, 2.75) is 33.1 Å². The molecule has 0 saturated heterocycles. The number of unbranched alkanes of at least 4 members (excludes halogenated alkanes) is 2. The van der Waals surface area contributed by atoms with Crippen molar-refractivity contribution in [3.05, 3.63) is 59.7 Å². The van der Waals surface area contributed by atoms with Crippen molar-refractivity contribution in [3.8, 4) is 11.5 Å². The number of rotatable bonds is 9. The number of para-hydroxylation sites is 1. The van der Waals surface area contributed by atoms with Crippen LogP contribution in [0.4, 0.5) is 5.69 Å². The van der Waals surface area contributed by atoms with E-state index in [0.717, 1.165) is 41.8 Å². The van der Waals surface area contributed by atoms with Gasteiger partial charge in [-0.15, -0.1) is 0 Å². The van der Waals surface area contributed by atoms with E-state index >= 15 is 0 Å². The second kappa shape index (κ2) is 10.3. The summed E-state index contributed by atoms with van der Waals surface area (Å²) in [4.78, 5) is 12.1. The highest BCUT2D eigenvalue weighted by molar-refractivity contribution is 6.02. The Kier molecular flexibility index (Phi) is 7.75. The summed E-state index contributed by atoms with van der Waals surface area (Å²) in [5.74, 6) is 1.23. The maximum atomic E-state index is 12.1. The number of nitrogens with one attached hydrogen (secondary N) is 1. The lowest BCUT2D eigenvalue weighted by atomic mass is 10.1. The Morgan fingerprint density at radius 1 is 1.12 bits per heavy atom. The van der Waals surface area contributed by atoms with E-state index in [4.69, 9.17) is 9.47 Å². The van der Waals surface area contributed by atoms with E-state index in [1.807, 2.05) is 49.4 Å². The maximum Gasteiger partial charge on any atom is 0.248 e. The Morgan fingerprint density at radius 2 is 1.92 bits per heavy atom. The predicted molar refractivity (Wildman–Crippen MR) is 107 cm³/mol. The fraction of sp³-hybridized carbons (Fsp3) is 0.318. The quantitative estimate of drug-likeness (QED) is 0.496. The van der Waals surface area contributed by atoms with Gasteiger partial charge in [0.05, 0.1) is 13.7 Å². The van der Waals surface area contributed by atoms with E-state index in [1.54, 1.807) is 13.2 Å². The van der Waals surface area contributed by atoms with E-state index < -0.39 is 0 Å². The zero-order chi connectivity index (χ0) is 18.8. The second-order valence-electron chi connectivity index (χ2n) is 6.10. The molecule has 0 aliphatic heterocycles. The summed E-state index contributed by atoms with van der Waals surface area (Å²) in [7, 11) is 1.62. The van der Waals surface area contributed by atoms with Gasteiger partial charge in [-0.1, -0.05) is 44.0 Å². The van der Waals surface area contributed by atoms with Crippen LogP contribution in [0.15, 0.2) is 48.5 Å². The van der Waals surface area contributed by atoms with Gasteiger partial charge in [0.15, 0.2) is 11.5 Å². The zero-order valence-electron chi connectivity index (χ0n) is 15.7. The molecule has 0 aromatic heterocycles. The van der Waals surface area contributed by atoms with Crippen molar-refractivity contribution in [1.29, 1.82) is 0 Å². The smallest absolute Gasteiger partial charge is 0.248 e. The standard InChI is InChI=1S/C22H27NO3/c1-4-5-8-15-26-20-13-11-18(16-21(20)25-3)12-14-22(24)23-19-10-7-6-9-17(19)2/h6-7,9-14,16H,4-5,8,15H2,1-3H3,(H,23,24)/b14-12+. The molecule has 2 rings (SSSR count). The van der Waals surface area contributed by atoms with Gasteiger partial charge < -0.3 is 14.8 Å². The third-order valence-electron chi connectivity index (χ3n) is 4.02. The molecule has 0 aliphatic carbocycles. The number of anilines is 1. The van der Waals surface area contributed by atoms with Gasteiger partial charge in [0, 0.05) is 11.8 Å². The number of benzene rings is 2. The first-order valence-electron chi connectivity index (χ1n) is 8.99. The molecule has 2 aromatic rings. The largest absolute Gasteiger partial charge is 0.493 e. The number of amides is 1. The summed E-state index contributed by atoms with van der Waals surface area (Å²) in [6.07, 6.45) is 6.62. The van der Waals surface area contributed by atoms with Crippen LogP contribution >= 0.6 is 0 Å². The lowest BCUT2D eigenvalue weighted by Crippen LogP contribution is -2.08. The number of carbonyl (C=O) groups is 1. The number of ether oxygens (including phenoxy) is 2. The molecular formula is C22H27NO3. The molecule has 26 heavy (non-hydrogen) atoms. The highest BCUT2D eigenvalue weighted by Crippen LogP contribution is 2.28. The van der Waals surface area contributed by atoms with Crippen LogP contribution in [-0.4, -0.2) is 19.6 Å². The Balaban J connectivity index is 1.98. The summed E-state index contributed by atoms with van der Waals surface area (Å²) in [6, 6.07) is 13.3. The van der Waals surface area contributed by atoms with Crippen molar-refractivity contribution in [3.63, 3.8) is 0 Å². The van der Waals surface area contributed by atoms with Crippen LogP contribution in [0.3, 0.4) is 0 Å². The number of methoxy groups -OCH3 is 1. The fourth-order valence-electron chi connectivity index (χ4n) is 2.50. The van der Waals surface area contributed by atoms with Crippen LogP contribution in [0.5, 0.6) is 11.5 Å². The van der Waals surface area contributed by atoms with Crippen LogP contribution in [-0.2, 0) is 4.79 Å². The molecule has 0 unspecified atom stereocenters. The summed E-state index contributed by atoms with van der Waals surface area (Å²) in [5, 5.41) is 2.88. The van der Waals surface area contributed by atoms with Gasteiger partial charge in [0.1, 0.15) is 0 Å². The topological polar surface area (TPSA) is 47.6 Å². The summed E-state index contributed by atoms with van der Waals surface area (Å²) in [5.41, 5.74) is 2.72. The highest BCUT2D eigenvalue weighted by atomic mass is 16.5. The molecule has 0 aliphatic rings. The van der Waals surface area contributed by atoms with Crippen molar-refractivity contribution in [1.82, 2.24) is 0 Å². The fourth-order valence-corrected chi connectivity index (χ4v) is 2.50. The SMILES string of the molecule is CCCCCOc1ccc(/C=C/C(=O)Nc2ccccc2C)cc1OC. The van der Waals surface area contributed by atoms with E-state index in [1.165, 1.54) is 6.08 Å². The van der Waals surface area contributed by atoms with Crippen LogP contribution in [0.2, 0.25) is 0 Å². The van der Waals surface area contributed by atoms with Gasteiger partial charge in [0.25, 0.3) is 0 Å². The number of aryl methyl sites for hydroxylation is 1. The molecule has 0 saturated carbocycles. The lowest BCUT2D eigenvalue weighted by molar-refractivity contribution is -0.111. The van der Waals surface area contributed by atoms with Gasteiger partial charge >= 0.3 is 0 Å². The maximum absolute atomic E-state index is 12.1. The molecule has 0 radical (unpaired) electrons. The van der Waals surface area contributed by atoms with Crippen LogP contribution in [0.25, 0.3) is 6.08 Å². The van der Waals surface area contributed by atoms with E-state index in [0.29, 0.717) is 12.4 Å². The number of carbonyl (C=O) groups excluding carboxylic acids is 1. The van der Waals surface area contributed by atoms with E-state index in [9.17, 15) is 4.79 Å². The first kappa shape index (κ1) is 19.6. The van der Waals surface area contributed by atoms with Crippen molar-refractivity contribution in [2.75, 3.05) is 19.0 Å². The van der Waals surface area contributed by atoms with Crippen molar-refractivity contribution in [2.24, 2.45) is 0 Å². The molecule has 4 nitrogen and oxygen atoms in total. The molecule has 0 heterocycles. The summed E-state index contributed by atoms with van der Waals surface area (Å²) >= 11 is 0. The number of hydrogen-bond donors (Lipinski definition) is 1. The first-order valence-corrected chi connectivity index (χ1v) is 8.99. The normalized spacial score (nSPS) is 10.7. The first-order chi connectivity index (χ1) is 12.6. The van der Waals surface area contributed by atoms with E-state index in [-0.39, 0.29) is 5.91 Å². The summed E-state index contributed by atoms with van der Waals surface area (Å²) < 4.78 is 11.2. The molecule has 0 bridgehead atoms. The minimum Gasteiger partial charge on any atom is -0.493 e. The summed E-state index contributed by atoms with van der Waals surface area (Å²) in [6.45, 7) is 4.80. The minimum atomic E-state index is -0.168. The second-order valence-corrected chi connectivity index (χ2v) is 6.10. The van der Waals surface area contributed by atoms with E-state index in [2.05, 4.69) is 12.2 Å². The molecule has 0 fully saturated rings. The average Bonchev–Trinajstić information content (AvgIpc) is 2.66. The monoisotopic (exact) mass is 353 g/mol. The third kappa shape index (κ3) is 5.96. The van der Waals surface area contributed by atoms with Crippen LogP contribution in [0, 0.1) is 6.92 Å². The minimum absolute atomic E-state index is 0.168. The molecule has 4 heteroatoms. The molecule has 138 valence electrons. The Labute approximate surface area is 155 Å². The number of hydrogen-bond acceptors (Lipinski definition) is 3. The lowest BCUT2D eigenvalue weighted by Gasteiger charge is -2.11. The Bertz CT molecular complexity index is 753. The van der Waals surface area contributed by atoms with Crippen LogP contribution < -0.4 is 14.8 Å². The molecule has 2 aromatic carbocycles. The van der Waals surface area contributed by atoms with Gasteiger partial charge in [-0.25, -0.2) is 0 Å².